The van der Waals surface area contributed by atoms with Crippen molar-refractivity contribution in [1.82, 2.24) is 19.9 Å². The Balaban J connectivity index is 1.49. The number of carbonyl (C=O) groups excluding carboxylic acids is 1. The largest absolute Gasteiger partial charge is 0.354 e. The Morgan fingerprint density at radius 2 is 1.93 bits per heavy atom. The lowest BCUT2D eigenvalue weighted by atomic mass is 9.95. The molecule has 1 aliphatic rings. The van der Waals surface area contributed by atoms with Crippen LogP contribution >= 0.6 is 0 Å². The molecule has 1 saturated heterocycles. The number of piperidine rings is 1. The van der Waals surface area contributed by atoms with Crippen molar-refractivity contribution in [2.45, 2.75) is 58.9 Å². The number of carbonyl (C=O) groups is 1. The van der Waals surface area contributed by atoms with Crippen molar-refractivity contribution in [3.63, 3.8) is 0 Å². The molecule has 1 aliphatic heterocycles. The number of hydrogen-bond donors (Lipinski definition) is 1. The summed E-state index contributed by atoms with van der Waals surface area (Å²) in [5.74, 6) is 1.97. The standard InChI is InChI=1S/C23H35N5O/c1-5-6-21-22(17(2)3)20(15-27(21)4)14-24-11-18-7-9-28(10-8-18)23-25-12-19(16-29)13-26-23/h12-13,15-18,24H,5-11,14H2,1-4H3. The van der Waals surface area contributed by atoms with Gasteiger partial charge < -0.3 is 14.8 Å². The molecule has 0 atom stereocenters. The summed E-state index contributed by atoms with van der Waals surface area (Å²) in [6.45, 7) is 10.8. The molecule has 0 aromatic carbocycles. The van der Waals surface area contributed by atoms with Crippen LogP contribution in [0, 0.1) is 5.92 Å². The van der Waals surface area contributed by atoms with Gasteiger partial charge in [-0.1, -0.05) is 27.2 Å². The van der Waals surface area contributed by atoms with E-state index in [2.05, 4.69) is 58.8 Å². The molecule has 3 heterocycles. The van der Waals surface area contributed by atoms with Crippen LogP contribution in [0.5, 0.6) is 0 Å². The Morgan fingerprint density at radius 3 is 2.52 bits per heavy atom. The summed E-state index contributed by atoms with van der Waals surface area (Å²) in [6, 6.07) is 0. The summed E-state index contributed by atoms with van der Waals surface area (Å²) in [5, 5.41) is 3.72. The summed E-state index contributed by atoms with van der Waals surface area (Å²) < 4.78 is 2.32. The predicted octanol–water partition coefficient (Wildman–Crippen LogP) is 3.71. The second-order valence-electron chi connectivity index (χ2n) is 8.53. The first kappa shape index (κ1) is 21.5. The average Bonchev–Trinajstić information content (AvgIpc) is 3.04. The summed E-state index contributed by atoms with van der Waals surface area (Å²) in [4.78, 5) is 21.6. The molecule has 2 aromatic rings. The minimum atomic E-state index is 0.525. The quantitative estimate of drug-likeness (QED) is 0.654. The number of nitrogens with one attached hydrogen (secondary N) is 1. The maximum absolute atomic E-state index is 10.7. The monoisotopic (exact) mass is 397 g/mol. The molecule has 0 bridgehead atoms. The third-order valence-electron chi connectivity index (χ3n) is 5.94. The first-order chi connectivity index (χ1) is 14.0. The van der Waals surface area contributed by atoms with E-state index in [1.807, 2.05) is 0 Å². The molecule has 3 rings (SSSR count). The number of anilines is 1. The van der Waals surface area contributed by atoms with Crippen molar-refractivity contribution < 1.29 is 4.79 Å². The van der Waals surface area contributed by atoms with Crippen molar-refractivity contribution in [1.29, 1.82) is 0 Å². The molecule has 0 spiro atoms. The van der Waals surface area contributed by atoms with Gasteiger partial charge in [0.2, 0.25) is 5.95 Å². The third kappa shape index (κ3) is 5.24. The summed E-state index contributed by atoms with van der Waals surface area (Å²) >= 11 is 0. The minimum Gasteiger partial charge on any atom is -0.354 e. The first-order valence-corrected chi connectivity index (χ1v) is 10.9. The molecular weight excluding hydrogens is 362 g/mol. The SMILES string of the molecule is CCCc1c(C(C)C)c(CNCC2CCN(c3ncc(C=O)cn3)CC2)cn1C. The Labute approximate surface area is 174 Å². The lowest BCUT2D eigenvalue weighted by Gasteiger charge is -2.32. The summed E-state index contributed by atoms with van der Waals surface area (Å²) in [6.07, 6.45) is 10.9. The van der Waals surface area contributed by atoms with Crippen LogP contribution < -0.4 is 10.2 Å². The Bertz CT molecular complexity index is 788. The predicted molar refractivity (Wildman–Crippen MR) is 118 cm³/mol. The van der Waals surface area contributed by atoms with Gasteiger partial charge in [0.1, 0.15) is 0 Å². The highest BCUT2D eigenvalue weighted by Crippen LogP contribution is 2.27. The molecular formula is C23H35N5O. The summed E-state index contributed by atoms with van der Waals surface area (Å²) in [7, 11) is 2.18. The van der Waals surface area contributed by atoms with E-state index in [0.717, 1.165) is 57.7 Å². The van der Waals surface area contributed by atoms with Crippen LogP contribution in [0.15, 0.2) is 18.6 Å². The zero-order valence-electron chi connectivity index (χ0n) is 18.3. The van der Waals surface area contributed by atoms with Gasteiger partial charge in [-0.2, -0.15) is 0 Å². The highest BCUT2D eigenvalue weighted by Gasteiger charge is 2.21. The van der Waals surface area contributed by atoms with E-state index in [-0.39, 0.29) is 0 Å². The van der Waals surface area contributed by atoms with Crippen LogP contribution in [0.2, 0.25) is 0 Å². The number of rotatable bonds is 9. The maximum atomic E-state index is 10.7. The van der Waals surface area contributed by atoms with Crippen LogP contribution in [0.25, 0.3) is 0 Å². The van der Waals surface area contributed by atoms with Gasteiger partial charge in [-0.05, 0) is 48.8 Å². The van der Waals surface area contributed by atoms with E-state index in [1.165, 1.54) is 23.2 Å². The first-order valence-electron chi connectivity index (χ1n) is 10.9. The normalized spacial score (nSPS) is 15.3. The van der Waals surface area contributed by atoms with Crippen LogP contribution in [0.3, 0.4) is 0 Å². The molecule has 1 N–H and O–H groups in total. The fraction of sp³-hybridized carbons (Fsp3) is 0.609. The van der Waals surface area contributed by atoms with Gasteiger partial charge in [-0.3, -0.25) is 4.79 Å². The number of aryl methyl sites for hydroxylation is 1. The Morgan fingerprint density at radius 1 is 1.24 bits per heavy atom. The van der Waals surface area contributed by atoms with Gasteiger partial charge >= 0.3 is 0 Å². The molecule has 158 valence electrons. The molecule has 2 aromatic heterocycles. The van der Waals surface area contributed by atoms with Crippen molar-refractivity contribution in [2.75, 3.05) is 24.5 Å². The van der Waals surface area contributed by atoms with Crippen LogP contribution in [-0.4, -0.2) is 40.5 Å². The van der Waals surface area contributed by atoms with Crippen molar-refractivity contribution >= 4 is 12.2 Å². The van der Waals surface area contributed by atoms with Gasteiger partial charge in [0.05, 0.1) is 5.56 Å². The summed E-state index contributed by atoms with van der Waals surface area (Å²) in [5.41, 5.74) is 5.00. The molecule has 0 unspecified atom stereocenters. The van der Waals surface area contributed by atoms with Crippen molar-refractivity contribution in [3.05, 3.63) is 41.0 Å². The van der Waals surface area contributed by atoms with Gasteiger partial charge in [-0.15, -0.1) is 0 Å². The van der Waals surface area contributed by atoms with Gasteiger partial charge in [0.15, 0.2) is 6.29 Å². The van der Waals surface area contributed by atoms with Gasteiger partial charge in [0.25, 0.3) is 0 Å². The number of hydrogen-bond acceptors (Lipinski definition) is 5. The Kier molecular flexibility index (Phi) is 7.42. The van der Waals surface area contributed by atoms with Crippen LogP contribution in [0.1, 0.15) is 73.1 Å². The average molecular weight is 398 g/mol. The van der Waals surface area contributed by atoms with Gasteiger partial charge in [0, 0.05) is 51.0 Å². The molecule has 0 amide bonds. The highest BCUT2D eigenvalue weighted by atomic mass is 16.1. The molecule has 1 fully saturated rings. The second-order valence-corrected chi connectivity index (χ2v) is 8.53. The van der Waals surface area contributed by atoms with Crippen LogP contribution in [0.4, 0.5) is 5.95 Å². The third-order valence-corrected chi connectivity index (χ3v) is 5.94. The molecule has 6 nitrogen and oxygen atoms in total. The Hall–Kier alpha value is -2.21. The molecule has 6 heteroatoms. The molecule has 29 heavy (non-hydrogen) atoms. The number of aromatic nitrogens is 3. The lowest BCUT2D eigenvalue weighted by Crippen LogP contribution is -2.38. The fourth-order valence-corrected chi connectivity index (χ4v) is 4.45. The number of nitrogens with zero attached hydrogens (tertiary/aromatic N) is 4. The maximum Gasteiger partial charge on any atom is 0.225 e. The topological polar surface area (TPSA) is 63.1 Å². The van der Waals surface area contributed by atoms with E-state index in [0.29, 0.717) is 17.4 Å². The second kappa shape index (κ2) is 10.0. The van der Waals surface area contributed by atoms with Crippen molar-refractivity contribution in [3.8, 4) is 0 Å². The highest BCUT2D eigenvalue weighted by molar-refractivity contribution is 5.73. The molecule has 0 saturated carbocycles. The molecule has 0 radical (unpaired) electrons. The smallest absolute Gasteiger partial charge is 0.225 e. The van der Waals surface area contributed by atoms with Gasteiger partial charge in [-0.25, -0.2) is 9.97 Å². The molecule has 0 aliphatic carbocycles. The zero-order valence-corrected chi connectivity index (χ0v) is 18.3. The van der Waals surface area contributed by atoms with E-state index in [4.69, 9.17) is 0 Å². The fourth-order valence-electron chi connectivity index (χ4n) is 4.45. The minimum absolute atomic E-state index is 0.525. The van der Waals surface area contributed by atoms with Crippen LogP contribution in [-0.2, 0) is 20.0 Å². The number of aldehydes is 1. The van der Waals surface area contributed by atoms with E-state index < -0.39 is 0 Å². The van der Waals surface area contributed by atoms with Crippen molar-refractivity contribution in [2.24, 2.45) is 13.0 Å². The zero-order chi connectivity index (χ0) is 20.8. The lowest BCUT2D eigenvalue weighted by molar-refractivity contribution is 0.112. The van der Waals surface area contributed by atoms with E-state index in [1.54, 1.807) is 12.4 Å². The van der Waals surface area contributed by atoms with E-state index in [9.17, 15) is 4.79 Å². The van der Waals surface area contributed by atoms with E-state index >= 15 is 0 Å².